The molecule has 0 saturated heterocycles. The van der Waals surface area contributed by atoms with Gasteiger partial charge in [-0.1, -0.05) is 67.4 Å². The number of benzene rings is 2. The molecule has 0 atom stereocenters. The minimum absolute atomic E-state index is 0.0279. The van der Waals surface area contributed by atoms with E-state index in [4.69, 9.17) is 21.1 Å². The highest BCUT2D eigenvalue weighted by Crippen LogP contribution is 2.55. The minimum Gasteiger partial charge on any atom is -0.487 e. The second-order valence-electron chi connectivity index (χ2n) is 11.8. The van der Waals surface area contributed by atoms with E-state index in [0.29, 0.717) is 65.7 Å². The topological polar surface area (TPSA) is 52.6 Å². The summed E-state index contributed by atoms with van der Waals surface area (Å²) in [5.41, 5.74) is 2.50. The van der Waals surface area contributed by atoms with Crippen LogP contribution in [0.25, 0.3) is 0 Å². The van der Waals surface area contributed by atoms with E-state index < -0.39 is 5.92 Å². The lowest BCUT2D eigenvalue weighted by Gasteiger charge is -2.43. The first-order chi connectivity index (χ1) is 17.3. The molecule has 1 heterocycles. The minimum atomic E-state index is -0.542. The van der Waals surface area contributed by atoms with Gasteiger partial charge < -0.3 is 9.47 Å². The van der Waals surface area contributed by atoms with Crippen molar-refractivity contribution in [3.63, 3.8) is 0 Å². The van der Waals surface area contributed by atoms with Gasteiger partial charge >= 0.3 is 0 Å². The highest BCUT2D eigenvalue weighted by Gasteiger charge is 2.48. The molecule has 0 unspecified atom stereocenters. The normalized spacial score (nSPS) is 20.9. The average Bonchev–Trinajstić information content (AvgIpc) is 2.76. The summed E-state index contributed by atoms with van der Waals surface area (Å²) in [7, 11) is 0. The van der Waals surface area contributed by atoms with Crippen molar-refractivity contribution in [2.24, 2.45) is 10.8 Å². The van der Waals surface area contributed by atoms with Crippen LogP contribution >= 0.6 is 43.5 Å². The maximum atomic E-state index is 13.7. The Hall–Kier alpha value is -1.89. The molecule has 0 bridgehead atoms. The Kier molecular flexibility index (Phi) is 7.00. The van der Waals surface area contributed by atoms with Gasteiger partial charge in [0.1, 0.15) is 23.9 Å². The predicted octanol–water partition coefficient (Wildman–Crippen LogP) is 8.84. The third-order valence-electron chi connectivity index (χ3n) is 7.23. The van der Waals surface area contributed by atoms with Crippen molar-refractivity contribution in [3.05, 3.63) is 84.2 Å². The molecule has 7 heteroatoms. The molecule has 2 aliphatic carbocycles. The fraction of sp³-hybridized carbons (Fsp3) is 0.400. The van der Waals surface area contributed by atoms with Crippen LogP contribution in [-0.2, 0) is 20.9 Å². The van der Waals surface area contributed by atoms with Gasteiger partial charge in [-0.25, -0.2) is 0 Å². The molecule has 3 aliphatic rings. The summed E-state index contributed by atoms with van der Waals surface area (Å²) < 4.78 is 14.4. The summed E-state index contributed by atoms with van der Waals surface area (Å²) in [5.74, 6) is 1.50. The zero-order valence-corrected chi connectivity index (χ0v) is 25.3. The summed E-state index contributed by atoms with van der Waals surface area (Å²) in [5, 5.41) is 0.660. The molecule has 0 spiro atoms. The first-order valence-corrected chi connectivity index (χ1v) is 14.4. The van der Waals surface area contributed by atoms with Gasteiger partial charge in [0.15, 0.2) is 11.6 Å². The summed E-state index contributed by atoms with van der Waals surface area (Å²) in [4.78, 5) is 27.4. The Morgan fingerprint density at radius 3 is 1.97 bits per heavy atom. The molecule has 5 rings (SSSR count). The highest BCUT2D eigenvalue weighted by molar-refractivity contribution is 9.11. The summed E-state index contributed by atoms with van der Waals surface area (Å²) >= 11 is 13.4. The van der Waals surface area contributed by atoms with E-state index in [9.17, 15) is 9.59 Å². The van der Waals surface area contributed by atoms with Crippen molar-refractivity contribution < 1.29 is 19.1 Å². The Balaban J connectivity index is 1.67. The van der Waals surface area contributed by atoms with Crippen LogP contribution in [-0.4, -0.2) is 11.6 Å². The van der Waals surface area contributed by atoms with E-state index >= 15 is 0 Å². The quantitative estimate of drug-likeness (QED) is 0.333. The van der Waals surface area contributed by atoms with Gasteiger partial charge in [-0.15, -0.1) is 0 Å². The van der Waals surface area contributed by atoms with Gasteiger partial charge in [-0.05, 0) is 56.6 Å². The number of ether oxygens (including phenoxy) is 2. The molecular formula is C30H29Br2ClO4. The van der Waals surface area contributed by atoms with E-state index in [-0.39, 0.29) is 22.4 Å². The number of rotatable bonds is 4. The van der Waals surface area contributed by atoms with Crippen molar-refractivity contribution >= 4 is 55.0 Å². The smallest absolute Gasteiger partial charge is 0.163 e. The largest absolute Gasteiger partial charge is 0.487 e. The van der Waals surface area contributed by atoms with Crippen molar-refractivity contribution in [2.45, 2.75) is 65.9 Å². The molecule has 0 aromatic heterocycles. The average molecular weight is 649 g/mol. The van der Waals surface area contributed by atoms with Gasteiger partial charge in [-0.2, -0.15) is 0 Å². The van der Waals surface area contributed by atoms with Crippen LogP contribution in [0.15, 0.2) is 68.0 Å². The first-order valence-electron chi connectivity index (χ1n) is 12.4. The molecule has 194 valence electrons. The maximum absolute atomic E-state index is 13.7. The van der Waals surface area contributed by atoms with E-state index in [1.807, 2.05) is 36.4 Å². The van der Waals surface area contributed by atoms with Gasteiger partial charge in [0.05, 0.1) is 10.4 Å². The maximum Gasteiger partial charge on any atom is 0.163 e. The number of hydrogen-bond acceptors (Lipinski definition) is 4. The monoisotopic (exact) mass is 646 g/mol. The fourth-order valence-corrected chi connectivity index (χ4v) is 7.17. The second kappa shape index (κ2) is 9.69. The molecule has 0 amide bonds. The Bertz CT molecular complexity index is 1320. The molecule has 0 N–H and O–H groups in total. The van der Waals surface area contributed by atoms with E-state index in [1.165, 1.54) is 0 Å². The van der Waals surface area contributed by atoms with Crippen LogP contribution < -0.4 is 4.74 Å². The Morgan fingerprint density at radius 1 is 0.892 bits per heavy atom. The summed E-state index contributed by atoms with van der Waals surface area (Å²) in [6.07, 6.45) is 2.10. The molecule has 2 aromatic rings. The predicted molar refractivity (Wildman–Crippen MR) is 152 cm³/mol. The highest BCUT2D eigenvalue weighted by atomic mass is 79.9. The number of carbonyl (C=O) groups is 2. The van der Waals surface area contributed by atoms with Crippen LogP contribution in [0, 0.1) is 10.8 Å². The van der Waals surface area contributed by atoms with Gasteiger partial charge in [0.2, 0.25) is 0 Å². The standard InChI is InChI=1S/C30H29Br2ClO4/c1-29(2)11-21(34)26-23(13-29)37-24-14-30(3,4)12-22(35)27(24)25(26)19-9-17(31)10-20(32)28(19)36-15-16-5-7-18(33)8-6-16/h5-10,25H,11-15H2,1-4H3. The van der Waals surface area contributed by atoms with Crippen LogP contribution in [0.1, 0.15) is 70.4 Å². The summed E-state index contributed by atoms with van der Waals surface area (Å²) in [6.45, 7) is 8.66. The van der Waals surface area contributed by atoms with Crippen molar-refractivity contribution in [2.75, 3.05) is 0 Å². The fourth-order valence-electron chi connectivity index (χ4n) is 5.67. The van der Waals surface area contributed by atoms with E-state index in [1.54, 1.807) is 0 Å². The lowest BCUT2D eigenvalue weighted by atomic mass is 9.65. The van der Waals surface area contributed by atoms with Crippen LogP contribution in [0.3, 0.4) is 0 Å². The lowest BCUT2D eigenvalue weighted by molar-refractivity contribution is -0.120. The molecular weight excluding hydrogens is 620 g/mol. The van der Waals surface area contributed by atoms with Crippen molar-refractivity contribution in [1.82, 2.24) is 0 Å². The number of halogens is 3. The third kappa shape index (κ3) is 5.35. The molecule has 0 saturated carbocycles. The SMILES string of the molecule is CC1(C)CC(=O)C2=C(C1)OC1=C(C(=O)CC(C)(C)C1)C2c1cc(Br)cc(Br)c1OCc1ccc(Cl)cc1. The number of allylic oxidation sites excluding steroid dienone is 4. The molecule has 37 heavy (non-hydrogen) atoms. The first kappa shape index (κ1) is 26.7. The zero-order valence-electron chi connectivity index (χ0n) is 21.3. The van der Waals surface area contributed by atoms with Crippen LogP contribution in [0.4, 0.5) is 0 Å². The second-order valence-corrected chi connectivity index (χ2v) is 14.0. The Labute approximate surface area is 239 Å². The lowest BCUT2D eigenvalue weighted by Crippen LogP contribution is -2.37. The molecule has 0 radical (unpaired) electrons. The Morgan fingerprint density at radius 2 is 1.43 bits per heavy atom. The van der Waals surface area contributed by atoms with Crippen molar-refractivity contribution in [1.29, 1.82) is 0 Å². The van der Waals surface area contributed by atoms with Crippen LogP contribution in [0.2, 0.25) is 5.02 Å². The van der Waals surface area contributed by atoms with Crippen LogP contribution in [0.5, 0.6) is 5.75 Å². The van der Waals surface area contributed by atoms with Crippen molar-refractivity contribution in [3.8, 4) is 5.75 Å². The molecule has 2 aromatic carbocycles. The van der Waals surface area contributed by atoms with Gasteiger partial charge in [-0.3, -0.25) is 9.59 Å². The number of hydrogen-bond donors (Lipinski definition) is 0. The zero-order chi connectivity index (χ0) is 26.7. The third-order valence-corrected chi connectivity index (χ3v) is 8.53. The number of Topliss-reactive ketones (excluding diaryl/α,β-unsaturated/α-hetero) is 2. The molecule has 4 nitrogen and oxygen atoms in total. The molecule has 1 aliphatic heterocycles. The van der Waals surface area contributed by atoms with E-state index in [0.717, 1.165) is 20.1 Å². The molecule has 0 fully saturated rings. The summed E-state index contributed by atoms with van der Waals surface area (Å²) in [6, 6.07) is 11.4. The number of carbonyl (C=O) groups excluding carboxylic acids is 2. The number of ketones is 2. The van der Waals surface area contributed by atoms with Gasteiger partial charge in [0.25, 0.3) is 0 Å². The van der Waals surface area contributed by atoms with E-state index in [2.05, 4.69) is 59.6 Å². The van der Waals surface area contributed by atoms with Gasteiger partial charge in [0, 0.05) is 51.9 Å².